The number of aromatic nitrogens is 2. The van der Waals surface area contributed by atoms with Gasteiger partial charge in [-0.25, -0.2) is 18.4 Å². The van der Waals surface area contributed by atoms with Gasteiger partial charge < -0.3 is 15.6 Å². The monoisotopic (exact) mass is 438 g/mol. The maximum absolute atomic E-state index is 12.7. The van der Waals surface area contributed by atoms with E-state index < -0.39 is 16.0 Å². The Balaban J connectivity index is 1.64. The Kier molecular flexibility index (Phi) is 7.06. The maximum Gasteiger partial charge on any atom is 0.313 e. The Labute approximate surface area is 173 Å². The Morgan fingerprint density at radius 2 is 1.86 bits per heavy atom. The number of sulfonamides is 1. The standard InChI is InChI=1S/C18H22N4O5S2/c19-15-11-17(28-12-18(23)24)21-16(20-15)6-3-13-1-4-14(5-2-13)29(25,26)22-7-9-27-10-8-22/h1-2,4-5,11H,3,6-10,12H2,(H,23,24)(H2,19,20,21). The fourth-order valence-corrected chi connectivity index (χ4v) is 4.89. The highest BCUT2D eigenvalue weighted by atomic mass is 32.2. The van der Waals surface area contributed by atoms with Crippen LogP contribution in [-0.2, 0) is 32.4 Å². The van der Waals surface area contributed by atoms with E-state index in [2.05, 4.69) is 9.97 Å². The summed E-state index contributed by atoms with van der Waals surface area (Å²) in [6.45, 7) is 1.53. The van der Waals surface area contributed by atoms with Gasteiger partial charge in [-0.1, -0.05) is 23.9 Å². The largest absolute Gasteiger partial charge is 0.481 e. The number of rotatable bonds is 8. The second-order valence-electron chi connectivity index (χ2n) is 6.39. The molecule has 156 valence electrons. The Morgan fingerprint density at radius 3 is 2.52 bits per heavy atom. The van der Waals surface area contributed by atoms with E-state index in [-0.39, 0.29) is 16.5 Å². The van der Waals surface area contributed by atoms with Gasteiger partial charge in [-0.15, -0.1) is 0 Å². The molecule has 1 aliphatic heterocycles. The third-order valence-corrected chi connectivity index (χ3v) is 7.09. The lowest BCUT2D eigenvalue weighted by atomic mass is 10.1. The molecule has 0 aliphatic carbocycles. The number of morpholine rings is 1. The highest BCUT2D eigenvalue weighted by molar-refractivity contribution is 7.99. The average Bonchev–Trinajstić information content (AvgIpc) is 2.71. The van der Waals surface area contributed by atoms with Gasteiger partial charge in [0, 0.05) is 25.6 Å². The highest BCUT2D eigenvalue weighted by Gasteiger charge is 2.26. The molecule has 2 heterocycles. The summed E-state index contributed by atoms with van der Waals surface area (Å²) in [5.74, 6) is -0.229. The first-order valence-electron chi connectivity index (χ1n) is 8.99. The second kappa shape index (κ2) is 9.53. The van der Waals surface area contributed by atoms with Gasteiger partial charge in [0.05, 0.1) is 23.9 Å². The summed E-state index contributed by atoms with van der Waals surface area (Å²) < 4.78 is 32.0. The van der Waals surface area contributed by atoms with Crippen LogP contribution in [0.4, 0.5) is 5.82 Å². The fraction of sp³-hybridized carbons (Fsp3) is 0.389. The predicted octanol–water partition coefficient (Wildman–Crippen LogP) is 1.04. The number of carboxylic acid groups (broad SMARTS) is 1. The van der Waals surface area contributed by atoms with Crippen LogP contribution in [0.25, 0.3) is 0 Å². The first kappa shape index (κ1) is 21.5. The van der Waals surface area contributed by atoms with Gasteiger partial charge in [0.25, 0.3) is 0 Å². The van der Waals surface area contributed by atoms with E-state index in [0.29, 0.717) is 50.0 Å². The molecule has 0 radical (unpaired) electrons. The SMILES string of the molecule is Nc1cc(SCC(=O)O)nc(CCc2ccc(S(=O)(=O)N3CCOCC3)cc2)n1. The lowest BCUT2D eigenvalue weighted by Crippen LogP contribution is -2.40. The third-order valence-electron chi connectivity index (χ3n) is 4.28. The molecule has 0 spiro atoms. The molecule has 2 aromatic rings. The molecule has 1 aromatic carbocycles. The van der Waals surface area contributed by atoms with E-state index >= 15 is 0 Å². The lowest BCUT2D eigenvalue weighted by molar-refractivity contribution is -0.133. The molecular formula is C18H22N4O5S2. The number of anilines is 1. The van der Waals surface area contributed by atoms with Gasteiger partial charge in [-0.2, -0.15) is 4.31 Å². The summed E-state index contributed by atoms with van der Waals surface area (Å²) in [6, 6.07) is 8.31. The molecule has 0 atom stereocenters. The number of carbonyl (C=O) groups is 1. The molecule has 0 bridgehead atoms. The van der Waals surface area contributed by atoms with Crippen molar-refractivity contribution in [3.63, 3.8) is 0 Å². The fourth-order valence-electron chi connectivity index (χ4n) is 2.83. The third kappa shape index (κ3) is 5.89. The molecule has 11 heteroatoms. The number of aliphatic carboxylic acids is 1. The van der Waals surface area contributed by atoms with Crippen molar-refractivity contribution in [1.29, 1.82) is 0 Å². The van der Waals surface area contributed by atoms with E-state index in [1.54, 1.807) is 30.3 Å². The first-order valence-corrected chi connectivity index (χ1v) is 11.4. The van der Waals surface area contributed by atoms with Crippen molar-refractivity contribution in [3.05, 3.63) is 41.7 Å². The lowest BCUT2D eigenvalue weighted by Gasteiger charge is -2.26. The van der Waals surface area contributed by atoms with Gasteiger partial charge >= 0.3 is 5.97 Å². The first-order chi connectivity index (χ1) is 13.8. The molecule has 0 saturated carbocycles. The van der Waals surface area contributed by atoms with Gasteiger partial charge in [0.1, 0.15) is 16.7 Å². The normalized spacial score (nSPS) is 15.3. The molecule has 1 aromatic heterocycles. The minimum absolute atomic E-state index is 0.102. The zero-order valence-electron chi connectivity index (χ0n) is 15.7. The van der Waals surface area contributed by atoms with Crippen molar-refractivity contribution in [2.45, 2.75) is 22.8 Å². The van der Waals surface area contributed by atoms with Crippen molar-refractivity contribution in [2.24, 2.45) is 0 Å². The van der Waals surface area contributed by atoms with Crippen LogP contribution in [0.15, 0.2) is 40.3 Å². The zero-order chi connectivity index (χ0) is 20.9. The second-order valence-corrected chi connectivity index (χ2v) is 9.32. The zero-order valence-corrected chi connectivity index (χ0v) is 17.3. The highest BCUT2D eigenvalue weighted by Crippen LogP contribution is 2.20. The molecule has 1 aliphatic rings. The van der Waals surface area contributed by atoms with Crippen LogP contribution >= 0.6 is 11.8 Å². The van der Waals surface area contributed by atoms with Crippen molar-refractivity contribution >= 4 is 33.6 Å². The summed E-state index contributed by atoms with van der Waals surface area (Å²) in [4.78, 5) is 19.5. The molecule has 1 saturated heterocycles. The number of carboxylic acids is 1. The van der Waals surface area contributed by atoms with E-state index in [1.165, 1.54) is 4.31 Å². The van der Waals surface area contributed by atoms with E-state index in [9.17, 15) is 13.2 Å². The predicted molar refractivity (Wildman–Crippen MR) is 108 cm³/mol. The van der Waals surface area contributed by atoms with E-state index in [0.717, 1.165) is 17.3 Å². The van der Waals surface area contributed by atoms with Crippen LogP contribution in [0, 0.1) is 0 Å². The topological polar surface area (TPSA) is 136 Å². The quantitative estimate of drug-likeness (QED) is 0.457. The van der Waals surface area contributed by atoms with Gasteiger partial charge in [0.2, 0.25) is 10.0 Å². The van der Waals surface area contributed by atoms with Crippen LogP contribution in [0.3, 0.4) is 0 Å². The van der Waals surface area contributed by atoms with Crippen molar-refractivity contribution in [1.82, 2.24) is 14.3 Å². The number of aryl methyl sites for hydroxylation is 2. The van der Waals surface area contributed by atoms with Crippen LogP contribution in [0.1, 0.15) is 11.4 Å². The van der Waals surface area contributed by atoms with E-state index in [4.69, 9.17) is 15.6 Å². The summed E-state index contributed by atoms with van der Waals surface area (Å²) >= 11 is 1.09. The number of ether oxygens (including phenoxy) is 1. The summed E-state index contributed by atoms with van der Waals surface area (Å²) in [7, 11) is -3.51. The number of thioether (sulfide) groups is 1. The molecule has 3 rings (SSSR count). The minimum atomic E-state index is -3.51. The molecule has 0 amide bonds. The van der Waals surface area contributed by atoms with Crippen molar-refractivity contribution < 1.29 is 23.1 Å². The van der Waals surface area contributed by atoms with Crippen molar-refractivity contribution in [2.75, 3.05) is 37.8 Å². The smallest absolute Gasteiger partial charge is 0.313 e. The molecule has 1 fully saturated rings. The summed E-state index contributed by atoms with van der Waals surface area (Å²) in [6.07, 6.45) is 1.10. The van der Waals surface area contributed by atoms with Crippen LogP contribution in [0.5, 0.6) is 0 Å². The van der Waals surface area contributed by atoms with Crippen LogP contribution < -0.4 is 5.73 Å². The summed E-state index contributed by atoms with van der Waals surface area (Å²) in [5.41, 5.74) is 6.72. The number of hydrogen-bond acceptors (Lipinski definition) is 8. The van der Waals surface area contributed by atoms with E-state index in [1.807, 2.05) is 0 Å². The maximum atomic E-state index is 12.7. The molecule has 29 heavy (non-hydrogen) atoms. The Hall–Kier alpha value is -2.21. The van der Waals surface area contributed by atoms with Gasteiger partial charge in [0.15, 0.2) is 0 Å². The molecule has 3 N–H and O–H groups in total. The van der Waals surface area contributed by atoms with Crippen LogP contribution in [-0.4, -0.2) is 65.8 Å². The minimum Gasteiger partial charge on any atom is -0.481 e. The Bertz CT molecular complexity index is 961. The van der Waals surface area contributed by atoms with Gasteiger partial charge in [-0.05, 0) is 24.1 Å². The Morgan fingerprint density at radius 1 is 1.17 bits per heavy atom. The van der Waals surface area contributed by atoms with Gasteiger partial charge in [-0.3, -0.25) is 4.79 Å². The number of hydrogen-bond donors (Lipinski definition) is 2. The molecule has 0 unspecified atom stereocenters. The number of nitrogens with zero attached hydrogens (tertiary/aromatic N) is 3. The number of nitrogen functional groups attached to an aromatic ring is 1. The van der Waals surface area contributed by atoms with Crippen molar-refractivity contribution in [3.8, 4) is 0 Å². The average molecular weight is 439 g/mol. The summed E-state index contributed by atoms with van der Waals surface area (Å²) in [5, 5.41) is 9.30. The number of nitrogens with two attached hydrogens (primary N) is 1. The molecule has 9 nitrogen and oxygen atoms in total. The van der Waals surface area contributed by atoms with Crippen LogP contribution in [0.2, 0.25) is 0 Å². The number of benzene rings is 1. The molecular weight excluding hydrogens is 416 g/mol.